The van der Waals surface area contributed by atoms with Crippen LogP contribution >= 0.6 is 11.8 Å². The number of nitrogens with two attached hydrogens (primary N) is 2. The molecule has 35 heavy (non-hydrogen) atoms. The minimum atomic E-state index is -1.25. The van der Waals surface area contributed by atoms with Crippen molar-refractivity contribution >= 4 is 41.4 Å². The van der Waals surface area contributed by atoms with Crippen LogP contribution in [0.15, 0.2) is 12.5 Å². The van der Waals surface area contributed by atoms with Gasteiger partial charge < -0.3 is 37.5 Å². The number of imidazole rings is 1. The van der Waals surface area contributed by atoms with Crippen LogP contribution in [0.2, 0.25) is 0 Å². The maximum absolute atomic E-state index is 13.1. The molecule has 0 aliphatic carbocycles. The van der Waals surface area contributed by atoms with E-state index >= 15 is 0 Å². The quantitative estimate of drug-likeness (QED) is 0.136. The van der Waals surface area contributed by atoms with Crippen LogP contribution in [0.4, 0.5) is 0 Å². The second-order valence-corrected chi connectivity index (χ2v) is 9.16. The van der Waals surface area contributed by atoms with E-state index in [0.717, 1.165) is 0 Å². The van der Waals surface area contributed by atoms with Crippen molar-refractivity contribution in [1.82, 2.24) is 25.9 Å². The summed E-state index contributed by atoms with van der Waals surface area (Å²) in [6, 6.07) is -4.53. The first-order valence-electron chi connectivity index (χ1n) is 11.1. The zero-order valence-corrected chi connectivity index (χ0v) is 20.9. The lowest BCUT2D eigenvalue weighted by molar-refractivity contribution is -0.142. The molecule has 0 aliphatic rings. The number of rotatable bonds is 16. The van der Waals surface area contributed by atoms with E-state index in [4.69, 9.17) is 11.5 Å². The SMILES string of the molecule is CCC(C)C(NC(=O)C(CCSC)NC(=O)C(N)CC(N)=O)C(=O)NC(Cc1cnc[nH]1)C(=O)O. The van der Waals surface area contributed by atoms with Crippen molar-refractivity contribution in [2.24, 2.45) is 17.4 Å². The number of carboxylic acids is 1. The predicted molar refractivity (Wildman–Crippen MR) is 130 cm³/mol. The fourth-order valence-electron chi connectivity index (χ4n) is 3.13. The van der Waals surface area contributed by atoms with Crippen LogP contribution in [0.3, 0.4) is 0 Å². The average Bonchev–Trinajstić information content (AvgIpc) is 3.31. The molecule has 196 valence electrons. The third-order valence-electron chi connectivity index (χ3n) is 5.39. The summed E-state index contributed by atoms with van der Waals surface area (Å²) in [5.74, 6) is -3.83. The Morgan fingerprint density at radius 3 is 2.29 bits per heavy atom. The molecule has 5 atom stereocenters. The molecule has 1 aromatic heterocycles. The minimum absolute atomic E-state index is 0.0214. The molecule has 9 N–H and O–H groups in total. The van der Waals surface area contributed by atoms with Gasteiger partial charge in [-0.15, -0.1) is 0 Å². The van der Waals surface area contributed by atoms with Crippen molar-refractivity contribution in [3.8, 4) is 0 Å². The van der Waals surface area contributed by atoms with E-state index in [-0.39, 0.29) is 25.2 Å². The Morgan fingerprint density at radius 2 is 1.77 bits per heavy atom. The molecule has 1 rings (SSSR count). The van der Waals surface area contributed by atoms with Crippen molar-refractivity contribution in [2.75, 3.05) is 12.0 Å². The summed E-state index contributed by atoms with van der Waals surface area (Å²) < 4.78 is 0. The second-order valence-electron chi connectivity index (χ2n) is 8.17. The third-order valence-corrected chi connectivity index (χ3v) is 6.03. The lowest BCUT2D eigenvalue weighted by Gasteiger charge is -2.28. The summed E-state index contributed by atoms with van der Waals surface area (Å²) in [5.41, 5.74) is 11.3. The summed E-state index contributed by atoms with van der Waals surface area (Å²) >= 11 is 1.45. The van der Waals surface area contributed by atoms with Crippen molar-refractivity contribution in [3.63, 3.8) is 0 Å². The monoisotopic (exact) mass is 513 g/mol. The number of primary amides is 1. The van der Waals surface area contributed by atoms with Gasteiger partial charge in [0, 0.05) is 18.3 Å². The molecule has 0 aromatic carbocycles. The molecule has 13 nitrogen and oxygen atoms in total. The van der Waals surface area contributed by atoms with E-state index in [1.54, 1.807) is 6.92 Å². The number of aliphatic carboxylic acids is 1. The van der Waals surface area contributed by atoms with E-state index in [9.17, 15) is 29.1 Å². The lowest BCUT2D eigenvalue weighted by Crippen LogP contribution is -2.59. The van der Waals surface area contributed by atoms with Gasteiger partial charge in [-0.3, -0.25) is 19.2 Å². The zero-order chi connectivity index (χ0) is 26.5. The maximum atomic E-state index is 13.1. The van der Waals surface area contributed by atoms with Crippen LogP contribution in [0.5, 0.6) is 0 Å². The molecule has 0 fully saturated rings. The molecule has 0 saturated carbocycles. The fraction of sp³-hybridized carbons (Fsp3) is 0.619. The fourth-order valence-corrected chi connectivity index (χ4v) is 3.60. The number of thioether (sulfide) groups is 1. The van der Waals surface area contributed by atoms with Crippen LogP contribution in [0.25, 0.3) is 0 Å². The highest BCUT2D eigenvalue weighted by atomic mass is 32.2. The number of carboxylic acid groups (broad SMARTS) is 1. The van der Waals surface area contributed by atoms with E-state index in [1.165, 1.54) is 24.3 Å². The van der Waals surface area contributed by atoms with Crippen molar-refractivity contribution in [1.29, 1.82) is 0 Å². The van der Waals surface area contributed by atoms with Crippen LogP contribution in [0.1, 0.15) is 38.8 Å². The Labute approximate surface area is 207 Å². The van der Waals surface area contributed by atoms with Gasteiger partial charge in [0.1, 0.15) is 18.1 Å². The molecule has 1 aromatic rings. The standard InChI is InChI=1S/C21H35N7O6S/c1-4-11(2)17(20(32)27-15(21(33)34)7-12-9-24-10-25-12)28-19(31)14(5-6-35-3)26-18(30)13(22)8-16(23)29/h9-11,13-15,17H,4-8,22H2,1-3H3,(H2,23,29)(H,24,25)(H,26,30)(H,27,32)(H,28,31)(H,33,34). The summed E-state index contributed by atoms with van der Waals surface area (Å²) in [4.78, 5) is 67.8. The highest BCUT2D eigenvalue weighted by molar-refractivity contribution is 7.98. The Kier molecular flexibility index (Phi) is 12.8. The largest absolute Gasteiger partial charge is 0.480 e. The third kappa shape index (κ3) is 10.3. The van der Waals surface area contributed by atoms with Gasteiger partial charge in [0.25, 0.3) is 0 Å². The first-order chi connectivity index (χ1) is 16.5. The van der Waals surface area contributed by atoms with Crippen molar-refractivity contribution < 1.29 is 29.1 Å². The number of carbonyl (C=O) groups is 5. The first-order valence-corrected chi connectivity index (χ1v) is 12.5. The smallest absolute Gasteiger partial charge is 0.326 e. The number of aromatic amines is 1. The van der Waals surface area contributed by atoms with Crippen LogP contribution in [-0.2, 0) is 30.4 Å². The van der Waals surface area contributed by atoms with Gasteiger partial charge in [-0.25, -0.2) is 9.78 Å². The number of nitrogens with one attached hydrogen (secondary N) is 4. The molecule has 14 heteroatoms. The summed E-state index contributed by atoms with van der Waals surface area (Å²) in [6.45, 7) is 3.57. The number of nitrogens with zero attached hydrogens (tertiary/aromatic N) is 1. The Hall–Kier alpha value is -3.13. The van der Waals surface area contributed by atoms with Gasteiger partial charge in [0.05, 0.1) is 18.8 Å². The number of hydrogen-bond donors (Lipinski definition) is 7. The van der Waals surface area contributed by atoms with Crippen LogP contribution in [-0.4, -0.2) is 80.8 Å². The molecule has 0 spiro atoms. The lowest BCUT2D eigenvalue weighted by atomic mass is 9.97. The number of hydrogen-bond acceptors (Lipinski definition) is 8. The molecule has 5 unspecified atom stereocenters. The highest BCUT2D eigenvalue weighted by Gasteiger charge is 2.33. The van der Waals surface area contributed by atoms with Gasteiger partial charge in [-0.2, -0.15) is 11.8 Å². The van der Waals surface area contributed by atoms with Gasteiger partial charge in [0.15, 0.2) is 0 Å². The molecule has 1 heterocycles. The molecule has 0 bridgehead atoms. The maximum Gasteiger partial charge on any atom is 0.326 e. The average molecular weight is 514 g/mol. The Bertz CT molecular complexity index is 866. The van der Waals surface area contributed by atoms with Crippen molar-refractivity contribution in [2.45, 2.75) is 63.7 Å². The van der Waals surface area contributed by atoms with E-state index in [0.29, 0.717) is 17.9 Å². The number of carbonyl (C=O) groups excluding carboxylic acids is 4. The number of H-pyrrole nitrogens is 1. The van der Waals surface area contributed by atoms with E-state index < -0.39 is 53.8 Å². The van der Waals surface area contributed by atoms with Crippen LogP contribution in [0, 0.1) is 5.92 Å². The summed E-state index contributed by atoms with van der Waals surface area (Å²) in [7, 11) is 0. The van der Waals surface area contributed by atoms with E-state index in [1.807, 2.05) is 13.2 Å². The van der Waals surface area contributed by atoms with Crippen LogP contribution < -0.4 is 27.4 Å². The molecule has 0 saturated heterocycles. The van der Waals surface area contributed by atoms with Gasteiger partial charge in [0.2, 0.25) is 23.6 Å². The summed E-state index contributed by atoms with van der Waals surface area (Å²) in [6.07, 6.45) is 5.04. The Balaban J connectivity index is 2.98. The van der Waals surface area contributed by atoms with Gasteiger partial charge in [-0.05, 0) is 24.3 Å². The summed E-state index contributed by atoms with van der Waals surface area (Å²) in [5, 5.41) is 17.2. The first kappa shape index (κ1) is 29.9. The van der Waals surface area contributed by atoms with Crippen molar-refractivity contribution in [3.05, 3.63) is 18.2 Å². The zero-order valence-electron chi connectivity index (χ0n) is 20.1. The topological polar surface area (TPSA) is 222 Å². The molecule has 0 aliphatic heterocycles. The Morgan fingerprint density at radius 1 is 1.11 bits per heavy atom. The molecular formula is C21H35N7O6S. The van der Waals surface area contributed by atoms with Gasteiger partial charge >= 0.3 is 5.97 Å². The highest BCUT2D eigenvalue weighted by Crippen LogP contribution is 2.11. The predicted octanol–water partition coefficient (Wildman–Crippen LogP) is -1.51. The normalized spacial score (nSPS) is 15.2. The molecular weight excluding hydrogens is 478 g/mol. The minimum Gasteiger partial charge on any atom is -0.480 e. The number of aromatic nitrogens is 2. The number of amides is 4. The second kappa shape index (κ2) is 15.0. The molecule has 0 radical (unpaired) electrons. The van der Waals surface area contributed by atoms with Gasteiger partial charge in [-0.1, -0.05) is 20.3 Å². The van der Waals surface area contributed by atoms with E-state index in [2.05, 4.69) is 25.9 Å². The molecule has 4 amide bonds.